The Hall–Kier alpha value is -0.160. The van der Waals surface area contributed by atoms with Gasteiger partial charge >= 0.3 is 0 Å². The summed E-state index contributed by atoms with van der Waals surface area (Å²) >= 11 is 4.10. The Morgan fingerprint density at radius 2 is 1.65 bits per heavy atom. The Labute approximate surface area is 112 Å². The van der Waals surface area contributed by atoms with Gasteiger partial charge in [0.25, 0.3) is 0 Å². The van der Waals surface area contributed by atoms with Crippen LogP contribution in [0.15, 0.2) is 24.3 Å². The first-order valence-corrected chi connectivity index (χ1v) is 8.27. The second-order valence-electron chi connectivity index (χ2n) is 4.20. The SMILES string of the molecule is OCc1ccc(CNC2CSCCSC2)cc1. The molecule has 0 spiro atoms. The second-order valence-corrected chi connectivity index (χ2v) is 6.50. The average Bonchev–Trinajstić information content (AvgIpc) is 2.65. The van der Waals surface area contributed by atoms with Crippen molar-refractivity contribution in [3.63, 3.8) is 0 Å². The molecular weight excluding hydrogens is 250 g/mol. The molecule has 0 aliphatic carbocycles. The number of rotatable bonds is 4. The van der Waals surface area contributed by atoms with Crippen LogP contribution < -0.4 is 5.32 Å². The van der Waals surface area contributed by atoms with E-state index in [1.807, 2.05) is 35.7 Å². The molecule has 1 aromatic carbocycles. The number of benzene rings is 1. The normalized spacial score (nSPS) is 17.9. The van der Waals surface area contributed by atoms with Crippen LogP contribution in [0.2, 0.25) is 0 Å². The molecule has 2 nitrogen and oxygen atoms in total. The van der Waals surface area contributed by atoms with E-state index in [0.717, 1.165) is 12.1 Å². The van der Waals surface area contributed by atoms with Crippen LogP contribution >= 0.6 is 23.5 Å². The van der Waals surface area contributed by atoms with Crippen LogP contribution in [-0.4, -0.2) is 34.2 Å². The van der Waals surface area contributed by atoms with Gasteiger partial charge in [0.2, 0.25) is 0 Å². The van der Waals surface area contributed by atoms with Crippen LogP contribution in [0.5, 0.6) is 0 Å². The predicted octanol–water partition coefficient (Wildman–Crippen LogP) is 2.12. The molecule has 0 atom stereocenters. The van der Waals surface area contributed by atoms with Gasteiger partial charge in [0.1, 0.15) is 0 Å². The van der Waals surface area contributed by atoms with Gasteiger partial charge in [-0.15, -0.1) is 0 Å². The maximum atomic E-state index is 8.97. The highest BCUT2D eigenvalue weighted by atomic mass is 32.2. The first-order chi connectivity index (χ1) is 8.38. The molecule has 17 heavy (non-hydrogen) atoms. The summed E-state index contributed by atoms with van der Waals surface area (Å²) in [6.07, 6.45) is 0. The van der Waals surface area contributed by atoms with Crippen LogP contribution in [-0.2, 0) is 13.2 Å². The van der Waals surface area contributed by atoms with Gasteiger partial charge in [-0.05, 0) is 11.1 Å². The van der Waals surface area contributed by atoms with Gasteiger partial charge in [-0.2, -0.15) is 23.5 Å². The van der Waals surface area contributed by atoms with Crippen molar-refractivity contribution in [3.8, 4) is 0 Å². The van der Waals surface area contributed by atoms with Crippen LogP contribution in [0.4, 0.5) is 0 Å². The summed E-state index contributed by atoms with van der Waals surface area (Å²) in [4.78, 5) is 0. The Morgan fingerprint density at radius 1 is 1.06 bits per heavy atom. The minimum atomic E-state index is 0.129. The monoisotopic (exact) mass is 269 g/mol. The molecule has 1 aliphatic rings. The van der Waals surface area contributed by atoms with E-state index in [1.54, 1.807) is 0 Å². The summed E-state index contributed by atoms with van der Waals surface area (Å²) in [5, 5.41) is 12.6. The van der Waals surface area contributed by atoms with E-state index < -0.39 is 0 Å². The van der Waals surface area contributed by atoms with E-state index in [-0.39, 0.29) is 6.61 Å². The molecule has 0 unspecified atom stereocenters. The quantitative estimate of drug-likeness (QED) is 0.877. The summed E-state index contributed by atoms with van der Waals surface area (Å²) < 4.78 is 0. The fourth-order valence-corrected chi connectivity index (χ4v) is 4.23. The highest BCUT2D eigenvalue weighted by Gasteiger charge is 2.11. The third-order valence-corrected chi connectivity index (χ3v) is 5.33. The largest absolute Gasteiger partial charge is 0.392 e. The van der Waals surface area contributed by atoms with Gasteiger partial charge in [0.15, 0.2) is 0 Å². The highest BCUT2D eigenvalue weighted by Crippen LogP contribution is 2.16. The van der Waals surface area contributed by atoms with E-state index >= 15 is 0 Å². The van der Waals surface area contributed by atoms with E-state index in [1.165, 1.54) is 28.6 Å². The minimum Gasteiger partial charge on any atom is -0.392 e. The van der Waals surface area contributed by atoms with Crippen LogP contribution in [0.25, 0.3) is 0 Å². The van der Waals surface area contributed by atoms with Crippen molar-refractivity contribution >= 4 is 23.5 Å². The topological polar surface area (TPSA) is 32.3 Å². The fourth-order valence-electron chi connectivity index (χ4n) is 1.76. The molecule has 1 fully saturated rings. The molecular formula is C13H19NOS2. The summed E-state index contributed by atoms with van der Waals surface area (Å²) in [7, 11) is 0. The van der Waals surface area contributed by atoms with Crippen molar-refractivity contribution in [1.82, 2.24) is 5.32 Å². The van der Waals surface area contributed by atoms with Crippen molar-refractivity contribution < 1.29 is 5.11 Å². The van der Waals surface area contributed by atoms with Gasteiger partial charge in [-0.25, -0.2) is 0 Å². The molecule has 2 rings (SSSR count). The molecule has 1 aromatic rings. The minimum absolute atomic E-state index is 0.129. The molecule has 94 valence electrons. The van der Waals surface area contributed by atoms with Crippen molar-refractivity contribution in [3.05, 3.63) is 35.4 Å². The molecule has 0 saturated carbocycles. The fraction of sp³-hybridized carbons (Fsp3) is 0.538. The van der Waals surface area contributed by atoms with E-state index in [4.69, 9.17) is 5.11 Å². The summed E-state index contributed by atoms with van der Waals surface area (Å²) in [6.45, 7) is 1.06. The van der Waals surface area contributed by atoms with Crippen LogP contribution in [0, 0.1) is 0 Å². The Balaban J connectivity index is 1.79. The molecule has 4 heteroatoms. The third kappa shape index (κ3) is 4.54. The zero-order chi connectivity index (χ0) is 11.9. The third-order valence-electron chi connectivity index (χ3n) is 2.81. The number of aliphatic hydroxyl groups excluding tert-OH is 1. The van der Waals surface area contributed by atoms with Gasteiger partial charge in [-0.1, -0.05) is 24.3 Å². The molecule has 0 amide bonds. The number of aliphatic hydroxyl groups is 1. The lowest BCUT2D eigenvalue weighted by atomic mass is 10.1. The van der Waals surface area contributed by atoms with E-state index in [0.29, 0.717) is 6.04 Å². The van der Waals surface area contributed by atoms with E-state index in [2.05, 4.69) is 17.4 Å². The standard InChI is InChI=1S/C13H19NOS2/c15-8-12-3-1-11(2-4-12)7-14-13-9-16-5-6-17-10-13/h1-4,13-15H,5-10H2. The zero-order valence-corrected chi connectivity index (χ0v) is 11.5. The predicted molar refractivity (Wildman–Crippen MR) is 77.6 cm³/mol. The number of hydrogen-bond acceptors (Lipinski definition) is 4. The number of hydrogen-bond donors (Lipinski definition) is 2. The highest BCUT2D eigenvalue weighted by molar-refractivity contribution is 8.03. The second kappa shape index (κ2) is 7.31. The van der Waals surface area contributed by atoms with Gasteiger partial charge < -0.3 is 10.4 Å². The lowest BCUT2D eigenvalue weighted by Gasteiger charge is -2.15. The molecule has 2 N–H and O–H groups in total. The average molecular weight is 269 g/mol. The Morgan fingerprint density at radius 3 is 2.24 bits per heavy atom. The first-order valence-electron chi connectivity index (χ1n) is 5.96. The van der Waals surface area contributed by atoms with Crippen molar-refractivity contribution in [2.45, 2.75) is 19.2 Å². The smallest absolute Gasteiger partial charge is 0.0681 e. The van der Waals surface area contributed by atoms with Gasteiger partial charge in [-0.3, -0.25) is 0 Å². The van der Waals surface area contributed by atoms with Crippen molar-refractivity contribution in [2.75, 3.05) is 23.0 Å². The number of thioether (sulfide) groups is 2. The maximum absolute atomic E-state index is 8.97. The summed E-state index contributed by atoms with van der Waals surface area (Å²) in [5.74, 6) is 5.02. The molecule has 1 heterocycles. The van der Waals surface area contributed by atoms with Crippen molar-refractivity contribution in [1.29, 1.82) is 0 Å². The molecule has 1 saturated heterocycles. The summed E-state index contributed by atoms with van der Waals surface area (Å²) in [5.41, 5.74) is 2.27. The summed E-state index contributed by atoms with van der Waals surface area (Å²) in [6, 6.07) is 8.80. The van der Waals surface area contributed by atoms with Crippen LogP contribution in [0.3, 0.4) is 0 Å². The molecule has 0 bridgehead atoms. The van der Waals surface area contributed by atoms with Gasteiger partial charge in [0, 0.05) is 35.6 Å². The Kier molecular flexibility index (Phi) is 5.71. The molecule has 0 aromatic heterocycles. The van der Waals surface area contributed by atoms with Crippen molar-refractivity contribution in [2.24, 2.45) is 0 Å². The zero-order valence-electron chi connectivity index (χ0n) is 9.89. The lowest BCUT2D eigenvalue weighted by molar-refractivity contribution is 0.282. The van der Waals surface area contributed by atoms with Gasteiger partial charge in [0.05, 0.1) is 6.61 Å². The Bertz CT molecular complexity index is 321. The molecule has 1 aliphatic heterocycles. The molecule has 0 radical (unpaired) electrons. The van der Waals surface area contributed by atoms with E-state index in [9.17, 15) is 0 Å². The van der Waals surface area contributed by atoms with Crippen LogP contribution in [0.1, 0.15) is 11.1 Å². The first kappa shape index (κ1) is 13.3. The number of nitrogens with one attached hydrogen (secondary N) is 1. The maximum Gasteiger partial charge on any atom is 0.0681 e. The lowest BCUT2D eigenvalue weighted by Crippen LogP contribution is -2.32.